The lowest BCUT2D eigenvalue weighted by molar-refractivity contribution is -0.141. The molecule has 3 rings (SSSR count). The smallest absolute Gasteiger partial charge is 0.243 e. The van der Waals surface area contributed by atoms with Gasteiger partial charge in [-0.2, -0.15) is 4.31 Å². The summed E-state index contributed by atoms with van der Waals surface area (Å²) in [6, 6.07) is 19.6. The predicted molar refractivity (Wildman–Crippen MR) is 150 cm³/mol. The van der Waals surface area contributed by atoms with E-state index >= 15 is 0 Å². The first-order chi connectivity index (χ1) is 18.5. The van der Waals surface area contributed by atoms with Gasteiger partial charge >= 0.3 is 0 Å². The fourth-order valence-electron chi connectivity index (χ4n) is 3.96. The molecule has 10 heteroatoms. The molecule has 0 saturated heterocycles. The third kappa shape index (κ3) is 8.11. The van der Waals surface area contributed by atoms with Crippen LogP contribution in [0.1, 0.15) is 31.4 Å². The van der Waals surface area contributed by atoms with Gasteiger partial charge in [-0.05, 0) is 49.2 Å². The molecule has 0 aromatic heterocycles. The van der Waals surface area contributed by atoms with Crippen LogP contribution in [0.4, 0.5) is 4.39 Å². The minimum absolute atomic E-state index is 0.0294. The summed E-state index contributed by atoms with van der Waals surface area (Å²) in [6.45, 7) is 3.01. The Kier molecular flexibility index (Phi) is 10.6. The number of carbonyl (C=O) groups is 2. The van der Waals surface area contributed by atoms with Gasteiger partial charge in [0, 0.05) is 36.6 Å². The first kappa shape index (κ1) is 30.3. The second kappa shape index (κ2) is 13.7. The number of amides is 2. The normalized spacial score (nSPS) is 13.1. The van der Waals surface area contributed by atoms with Crippen molar-refractivity contribution >= 4 is 33.4 Å². The molecule has 3 aromatic carbocycles. The highest BCUT2D eigenvalue weighted by molar-refractivity contribution is 7.89. The number of likely N-dealkylation sites (N-methyl/N-ethyl adjacent to an activating group) is 1. The summed E-state index contributed by atoms with van der Waals surface area (Å²) in [5.41, 5.74) is 1.01. The first-order valence-corrected chi connectivity index (χ1v) is 14.4. The molecular formula is C29H33ClFN3O4S. The molecule has 3 aromatic rings. The topological polar surface area (TPSA) is 86.8 Å². The lowest BCUT2D eigenvalue weighted by atomic mass is 10.0. The van der Waals surface area contributed by atoms with Gasteiger partial charge in [-0.3, -0.25) is 9.59 Å². The monoisotopic (exact) mass is 573 g/mol. The first-order valence-electron chi connectivity index (χ1n) is 12.6. The Morgan fingerprint density at radius 3 is 2.21 bits per heavy atom. The lowest BCUT2D eigenvalue weighted by Gasteiger charge is -2.33. The van der Waals surface area contributed by atoms with Crippen LogP contribution >= 0.6 is 11.6 Å². The van der Waals surface area contributed by atoms with E-state index in [1.165, 1.54) is 54.4 Å². The van der Waals surface area contributed by atoms with Gasteiger partial charge in [-0.1, -0.05) is 67.1 Å². The maximum atomic E-state index is 14.7. The van der Waals surface area contributed by atoms with Crippen molar-refractivity contribution in [2.24, 2.45) is 0 Å². The number of hydrogen-bond donors (Lipinski definition) is 1. The van der Waals surface area contributed by atoms with E-state index in [-0.39, 0.29) is 29.5 Å². The van der Waals surface area contributed by atoms with Crippen molar-refractivity contribution in [3.63, 3.8) is 0 Å². The van der Waals surface area contributed by atoms with Crippen LogP contribution in [0.25, 0.3) is 0 Å². The number of halogens is 2. The maximum absolute atomic E-state index is 14.7. The van der Waals surface area contributed by atoms with Crippen molar-refractivity contribution in [3.8, 4) is 0 Å². The van der Waals surface area contributed by atoms with Crippen molar-refractivity contribution in [1.29, 1.82) is 0 Å². The largest absolute Gasteiger partial charge is 0.352 e. The number of benzene rings is 3. The summed E-state index contributed by atoms with van der Waals surface area (Å²) in [4.78, 5) is 28.6. The average molecular weight is 574 g/mol. The van der Waals surface area contributed by atoms with E-state index in [2.05, 4.69) is 5.32 Å². The molecule has 7 nitrogen and oxygen atoms in total. The van der Waals surface area contributed by atoms with E-state index in [4.69, 9.17) is 11.6 Å². The van der Waals surface area contributed by atoms with Crippen LogP contribution in [-0.4, -0.2) is 55.1 Å². The van der Waals surface area contributed by atoms with Crippen molar-refractivity contribution in [2.45, 2.75) is 50.2 Å². The molecule has 39 heavy (non-hydrogen) atoms. The minimum Gasteiger partial charge on any atom is -0.352 e. The van der Waals surface area contributed by atoms with Crippen LogP contribution in [0.2, 0.25) is 5.02 Å². The van der Waals surface area contributed by atoms with E-state index in [1.807, 2.05) is 44.2 Å². The number of nitrogens with one attached hydrogen (secondary N) is 1. The minimum atomic E-state index is -4.04. The van der Waals surface area contributed by atoms with Gasteiger partial charge in [-0.15, -0.1) is 0 Å². The predicted octanol–water partition coefficient (Wildman–Crippen LogP) is 4.65. The molecule has 2 atom stereocenters. The highest BCUT2D eigenvalue weighted by atomic mass is 35.5. The summed E-state index contributed by atoms with van der Waals surface area (Å²) in [5.74, 6) is -1.57. The van der Waals surface area contributed by atoms with Crippen molar-refractivity contribution in [2.75, 3.05) is 13.6 Å². The van der Waals surface area contributed by atoms with Gasteiger partial charge in [0.15, 0.2) is 0 Å². The van der Waals surface area contributed by atoms with Crippen molar-refractivity contribution in [3.05, 3.63) is 101 Å². The van der Waals surface area contributed by atoms with Crippen LogP contribution < -0.4 is 5.32 Å². The number of hydrogen-bond acceptors (Lipinski definition) is 4. The molecule has 0 heterocycles. The van der Waals surface area contributed by atoms with Crippen LogP contribution in [0, 0.1) is 5.82 Å². The van der Waals surface area contributed by atoms with Crippen LogP contribution in [-0.2, 0) is 32.6 Å². The van der Waals surface area contributed by atoms with Gasteiger partial charge in [0.1, 0.15) is 11.9 Å². The molecule has 0 unspecified atom stereocenters. The third-order valence-corrected chi connectivity index (χ3v) is 8.52. The number of sulfonamides is 1. The SMILES string of the molecule is CC[C@@H](C)NC(=O)[C@@H](Cc1ccccc1)N(Cc1ccccc1F)C(=O)CN(C)S(=O)(=O)c1ccc(Cl)cc1. The Morgan fingerprint density at radius 2 is 1.59 bits per heavy atom. The Bertz CT molecular complexity index is 1370. The van der Waals surface area contributed by atoms with Gasteiger partial charge in [-0.25, -0.2) is 12.8 Å². The summed E-state index contributed by atoms with van der Waals surface area (Å²) >= 11 is 5.90. The number of carbonyl (C=O) groups excluding carboxylic acids is 2. The zero-order valence-corrected chi connectivity index (χ0v) is 23.8. The third-order valence-electron chi connectivity index (χ3n) is 6.45. The van der Waals surface area contributed by atoms with Gasteiger partial charge in [0.25, 0.3) is 0 Å². The molecule has 2 amide bonds. The van der Waals surface area contributed by atoms with Crippen LogP contribution in [0.5, 0.6) is 0 Å². The molecule has 1 N–H and O–H groups in total. The fourth-order valence-corrected chi connectivity index (χ4v) is 5.20. The molecule has 0 radical (unpaired) electrons. The van der Waals surface area contributed by atoms with E-state index in [0.717, 1.165) is 9.87 Å². The molecular weight excluding hydrogens is 541 g/mol. The Labute approximate surface area is 234 Å². The highest BCUT2D eigenvalue weighted by Crippen LogP contribution is 2.20. The molecule has 0 aliphatic rings. The highest BCUT2D eigenvalue weighted by Gasteiger charge is 2.33. The van der Waals surface area contributed by atoms with Crippen molar-refractivity contribution in [1.82, 2.24) is 14.5 Å². The van der Waals surface area contributed by atoms with Gasteiger partial charge in [0.05, 0.1) is 11.4 Å². The van der Waals surface area contributed by atoms with E-state index < -0.39 is 40.2 Å². The fraction of sp³-hybridized carbons (Fsp3) is 0.310. The van der Waals surface area contributed by atoms with Gasteiger partial charge < -0.3 is 10.2 Å². The number of nitrogens with zero attached hydrogens (tertiary/aromatic N) is 2. The molecule has 0 fully saturated rings. The molecule has 0 aliphatic heterocycles. The van der Waals surface area contributed by atoms with Crippen LogP contribution in [0.3, 0.4) is 0 Å². The second-order valence-electron chi connectivity index (χ2n) is 9.35. The molecule has 0 spiro atoms. The molecule has 208 valence electrons. The van der Waals surface area contributed by atoms with Gasteiger partial charge in [0.2, 0.25) is 21.8 Å². The van der Waals surface area contributed by atoms with E-state index in [1.54, 1.807) is 6.07 Å². The Hall–Kier alpha value is -3.27. The quantitative estimate of drug-likeness (QED) is 0.342. The average Bonchev–Trinajstić information content (AvgIpc) is 2.92. The second-order valence-corrected chi connectivity index (χ2v) is 11.8. The summed E-state index contributed by atoms with van der Waals surface area (Å²) in [6.07, 6.45) is 0.837. The summed E-state index contributed by atoms with van der Waals surface area (Å²) in [5, 5.41) is 3.30. The standard InChI is InChI=1S/C29H33ClFN3O4S/c1-4-21(2)32-29(36)27(18-22-10-6-5-7-11-22)34(19-23-12-8-9-13-26(23)31)28(35)20-33(3)39(37,38)25-16-14-24(30)15-17-25/h5-17,21,27H,4,18-20H2,1-3H3,(H,32,36)/t21-,27-/m1/s1. The Morgan fingerprint density at radius 1 is 0.974 bits per heavy atom. The van der Waals surface area contributed by atoms with E-state index in [9.17, 15) is 22.4 Å². The Balaban J connectivity index is 1.99. The van der Waals surface area contributed by atoms with Crippen LogP contribution in [0.15, 0.2) is 83.8 Å². The summed E-state index contributed by atoms with van der Waals surface area (Å²) < 4.78 is 42.0. The molecule has 0 aliphatic carbocycles. The zero-order valence-electron chi connectivity index (χ0n) is 22.2. The molecule has 0 bridgehead atoms. The zero-order chi connectivity index (χ0) is 28.6. The van der Waals surface area contributed by atoms with E-state index in [0.29, 0.717) is 11.4 Å². The van der Waals surface area contributed by atoms with Crippen molar-refractivity contribution < 1.29 is 22.4 Å². The molecule has 0 saturated carbocycles. The number of rotatable bonds is 12. The lowest BCUT2D eigenvalue weighted by Crippen LogP contribution is -2.54. The summed E-state index contributed by atoms with van der Waals surface area (Å²) in [7, 11) is -2.75. The maximum Gasteiger partial charge on any atom is 0.243 e.